The second-order valence-electron chi connectivity index (χ2n) is 5.81. The number of hydrogen-bond donors (Lipinski definition) is 1. The standard InChI is InChI=1S/C17H17N5OS/c23-17(12-2-1-6-18-10-12)21-13-3-7-22(8-4-13)16-15-14(5-9-24-15)19-11-20-16/h1-2,5-6,9-11,13H,3-4,7-8H2,(H,21,23). The van der Waals surface area contributed by atoms with Crippen LogP contribution in [-0.4, -0.2) is 40.0 Å². The molecule has 7 heteroatoms. The zero-order valence-electron chi connectivity index (χ0n) is 13.1. The van der Waals surface area contributed by atoms with Crippen LogP contribution >= 0.6 is 11.3 Å². The Hall–Kier alpha value is -2.54. The monoisotopic (exact) mass is 339 g/mol. The van der Waals surface area contributed by atoms with Gasteiger partial charge >= 0.3 is 0 Å². The van der Waals surface area contributed by atoms with Gasteiger partial charge in [0.05, 0.1) is 15.8 Å². The lowest BCUT2D eigenvalue weighted by molar-refractivity contribution is 0.0930. The van der Waals surface area contributed by atoms with Crippen molar-refractivity contribution in [3.05, 3.63) is 47.9 Å². The third-order valence-corrected chi connectivity index (χ3v) is 5.18. The molecule has 24 heavy (non-hydrogen) atoms. The van der Waals surface area contributed by atoms with Crippen LogP contribution in [0.15, 0.2) is 42.3 Å². The minimum Gasteiger partial charge on any atom is -0.355 e. The fourth-order valence-corrected chi connectivity index (χ4v) is 3.86. The number of amides is 1. The Balaban J connectivity index is 1.40. The van der Waals surface area contributed by atoms with E-state index >= 15 is 0 Å². The van der Waals surface area contributed by atoms with Crippen LogP contribution in [0.1, 0.15) is 23.2 Å². The quantitative estimate of drug-likeness (QED) is 0.794. The van der Waals surface area contributed by atoms with Gasteiger partial charge in [-0.1, -0.05) is 0 Å². The SMILES string of the molecule is O=C(NC1CCN(c2ncnc3ccsc23)CC1)c1cccnc1. The first kappa shape index (κ1) is 15.0. The molecule has 0 unspecified atom stereocenters. The van der Waals surface area contributed by atoms with Gasteiger partial charge in [0.25, 0.3) is 5.91 Å². The Kier molecular flexibility index (Phi) is 4.08. The summed E-state index contributed by atoms with van der Waals surface area (Å²) in [5, 5.41) is 5.15. The largest absolute Gasteiger partial charge is 0.355 e. The molecule has 122 valence electrons. The van der Waals surface area contributed by atoms with Crippen LogP contribution in [0.25, 0.3) is 10.2 Å². The van der Waals surface area contributed by atoms with E-state index in [4.69, 9.17) is 0 Å². The molecule has 1 N–H and O–H groups in total. The summed E-state index contributed by atoms with van der Waals surface area (Å²) in [5.41, 5.74) is 1.60. The molecule has 0 aliphatic carbocycles. The van der Waals surface area contributed by atoms with E-state index < -0.39 is 0 Å². The fraction of sp³-hybridized carbons (Fsp3) is 0.294. The first-order chi connectivity index (χ1) is 11.8. The van der Waals surface area contributed by atoms with Crippen molar-refractivity contribution in [3.63, 3.8) is 0 Å². The molecule has 0 atom stereocenters. The summed E-state index contributed by atoms with van der Waals surface area (Å²) in [6.07, 6.45) is 6.70. The molecule has 0 spiro atoms. The predicted octanol–water partition coefficient (Wildman–Crippen LogP) is 2.49. The predicted molar refractivity (Wildman–Crippen MR) is 94.4 cm³/mol. The van der Waals surface area contributed by atoms with Crippen LogP contribution in [0.2, 0.25) is 0 Å². The summed E-state index contributed by atoms with van der Waals surface area (Å²) in [6.45, 7) is 1.75. The van der Waals surface area contributed by atoms with Crippen molar-refractivity contribution < 1.29 is 4.79 Å². The number of anilines is 1. The summed E-state index contributed by atoms with van der Waals surface area (Å²) in [6, 6.07) is 5.77. The number of nitrogens with zero attached hydrogens (tertiary/aromatic N) is 4. The number of carbonyl (C=O) groups excluding carboxylic acids is 1. The maximum atomic E-state index is 12.2. The van der Waals surface area contributed by atoms with E-state index in [1.807, 2.05) is 11.4 Å². The van der Waals surface area contributed by atoms with E-state index in [2.05, 4.69) is 25.2 Å². The van der Waals surface area contributed by atoms with E-state index in [0.717, 1.165) is 42.0 Å². The Morgan fingerprint density at radius 3 is 2.92 bits per heavy atom. The van der Waals surface area contributed by atoms with E-state index in [0.29, 0.717) is 5.56 Å². The molecule has 1 fully saturated rings. The van der Waals surface area contributed by atoms with Gasteiger partial charge in [-0.3, -0.25) is 9.78 Å². The van der Waals surface area contributed by atoms with Gasteiger partial charge in [-0.25, -0.2) is 9.97 Å². The zero-order valence-corrected chi connectivity index (χ0v) is 13.9. The molecule has 0 radical (unpaired) electrons. The highest BCUT2D eigenvalue weighted by Crippen LogP contribution is 2.29. The number of carbonyl (C=O) groups is 1. The molecule has 1 amide bonds. The number of hydrogen-bond acceptors (Lipinski definition) is 6. The molecule has 4 rings (SSSR count). The molecule has 1 aliphatic heterocycles. The number of aromatic nitrogens is 3. The van der Waals surface area contributed by atoms with Crippen molar-refractivity contribution in [1.82, 2.24) is 20.3 Å². The zero-order chi connectivity index (χ0) is 16.4. The summed E-state index contributed by atoms with van der Waals surface area (Å²) in [5.74, 6) is 0.955. The van der Waals surface area contributed by atoms with Gasteiger partial charge in [0.1, 0.15) is 12.1 Å². The number of nitrogens with one attached hydrogen (secondary N) is 1. The Morgan fingerprint density at radius 1 is 1.25 bits per heavy atom. The molecule has 3 aromatic heterocycles. The maximum Gasteiger partial charge on any atom is 0.253 e. The third kappa shape index (κ3) is 2.94. The molecular formula is C17H17N5OS. The van der Waals surface area contributed by atoms with E-state index in [1.54, 1.807) is 42.2 Å². The average Bonchev–Trinajstić information content (AvgIpc) is 3.12. The Bertz CT molecular complexity index is 842. The van der Waals surface area contributed by atoms with Crippen molar-refractivity contribution >= 4 is 33.3 Å². The van der Waals surface area contributed by atoms with Crippen molar-refractivity contribution in [2.24, 2.45) is 0 Å². The van der Waals surface area contributed by atoms with Gasteiger partial charge in [-0.2, -0.15) is 0 Å². The number of thiophene rings is 1. The lowest BCUT2D eigenvalue weighted by atomic mass is 10.0. The van der Waals surface area contributed by atoms with Crippen LogP contribution in [0.5, 0.6) is 0 Å². The molecule has 4 heterocycles. The second-order valence-corrected chi connectivity index (χ2v) is 6.72. The molecule has 0 saturated carbocycles. The number of piperidine rings is 1. The minimum absolute atomic E-state index is 0.0516. The van der Waals surface area contributed by atoms with Crippen molar-refractivity contribution in [2.75, 3.05) is 18.0 Å². The average molecular weight is 339 g/mol. The molecule has 6 nitrogen and oxygen atoms in total. The number of rotatable bonds is 3. The summed E-state index contributed by atoms with van der Waals surface area (Å²) in [4.78, 5) is 27.3. The third-order valence-electron chi connectivity index (χ3n) is 4.28. The lowest BCUT2D eigenvalue weighted by Gasteiger charge is -2.33. The fourth-order valence-electron chi connectivity index (χ4n) is 3.00. The van der Waals surface area contributed by atoms with Crippen LogP contribution in [0.3, 0.4) is 0 Å². The molecule has 1 aliphatic rings. The lowest BCUT2D eigenvalue weighted by Crippen LogP contribution is -2.45. The van der Waals surface area contributed by atoms with Crippen LogP contribution in [0.4, 0.5) is 5.82 Å². The Labute approximate surface area is 143 Å². The van der Waals surface area contributed by atoms with Crippen molar-refractivity contribution in [1.29, 1.82) is 0 Å². The van der Waals surface area contributed by atoms with Gasteiger partial charge in [-0.15, -0.1) is 11.3 Å². The molecule has 3 aromatic rings. The molecule has 1 saturated heterocycles. The first-order valence-corrected chi connectivity index (χ1v) is 8.83. The second kappa shape index (κ2) is 6.52. The molecule has 0 aromatic carbocycles. The highest BCUT2D eigenvalue weighted by Gasteiger charge is 2.23. The molecular weight excluding hydrogens is 322 g/mol. The number of fused-ring (bicyclic) bond motifs is 1. The highest BCUT2D eigenvalue weighted by atomic mass is 32.1. The molecule has 0 bridgehead atoms. The van der Waals surface area contributed by atoms with E-state index in [9.17, 15) is 4.79 Å². The van der Waals surface area contributed by atoms with E-state index in [-0.39, 0.29) is 11.9 Å². The topological polar surface area (TPSA) is 71.0 Å². The van der Waals surface area contributed by atoms with Crippen molar-refractivity contribution in [2.45, 2.75) is 18.9 Å². The summed E-state index contributed by atoms with van der Waals surface area (Å²) in [7, 11) is 0. The first-order valence-electron chi connectivity index (χ1n) is 7.95. The van der Waals surface area contributed by atoms with Gasteiger partial charge in [0, 0.05) is 31.5 Å². The summed E-state index contributed by atoms with van der Waals surface area (Å²) < 4.78 is 1.13. The summed E-state index contributed by atoms with van der Waals surface area (Å²) >= 11 is 1.67. The van der Waals surface area contributed by atoms with Crippen LogP contribution in [-0.2, 0) is 0 Å². The highest BCUT2D eigenvalue weighted by molar-refractivity contribution is 7.17. The number of pyridine rings is 1. The van der Waals surface area contributed by atoms with Crippen LogP contribution < -0.4 is 10.2 Å². The van der Waals surface area contributed by atoms with E-state index in [1.165, 1.54) is 0 Å². The van der Waals surface area contributed by atoms with Crippen LogP contribution in [0, 0.1) is 0 Å². The maximum absolute atomic E-state index is 12.2. The van der Waals surface area contributed by atoms with Gasteiger partial charge in [0.2, 0.25) is 0 Å². The van der Waals surface area contributed by atoms with Gasteiger partial charge in [0.15, 0.2) is 0 Å². The van der Waals surface area contributed by atoms with Crippen molar-refractivity contribution in [3.8, 4) is 0 Å². The minimum atomic E-state index is -0.0516. The van der Waals surface area contributed by atoms with Gasteiger partial charge < -0.3 is 10.2 Å². The van der Waals surface area contributed by atoms with Gasteiger partial charge in [-0.05, 0) is 36.4 Å². The Morgan fingerprint density at radius 2 is 2.12 bits per heavy atom. The normalized spacial score (nSPS) is 15.6. The smallest absolute Gasteiger partial charge is 0.253 e.